The van der Waals surface area contributed by atoms with Crippen molar-refractivity contribution in [1.82, 2.24) is 15.3 Å². The average molecular weight is 357 g/mol. The summed E-state index contributed by atoms with van der Waals surface area (Å²) in [6.45, 7) is 6.69. The number of carbonyl (C=O) groups is 2. The fourth-order valence-electron chi connectivity index (χ4n) is 2.07. The lowest BCUT2D eigenvalue weighted by molar-refractivity contribution is -0.124. The summed E-state index contributed by atoms with van der Waals surface area (Å²) in [6, 6.07) is 7.87. The van der Waals surface area contributed by atoms with Crippen molar-refractivity contribution in [1.29, 1.82) is 0 Å². The first kappa shape index (κ1) is 19.4. The Morgan fingerprint density at radius 1 is 1.12 bits per heavy atom. The number of rotatable bonds is 7. The number of ether oxygens (including phenoxy) is 2. The van der Waals surface area contributed by atoms with Gasteiger partial charge in [0.25, 0.3) is 5.91 Å². The van der Waals surface area contributed by atoms with Gasteiger partial charge in [-0.2, -0.15) is 0 Å². The molecule has 138 valence electrons. The highest BCUT2D eigenvalue weighted by molar-refractivity contribution is 5.89. The van der Waals surface area contributed by atoms with Crippen LogP contribution >= 0.6 is 0 Å². The summed E-state index contributed by atoms with van der Waals surface area (Å²) in [5.74, 6) is -0.362. The van der Waals surface area contributed by atoms with Crippen LogP contribution in [0.2, 0.25) is 0 Å². The molecular formula is C19H23N3O4. The van der Waals surface area contributed by atoms with Crippen molar-refractivity contribution in [3.05, 3.63) is 54.1 Å². The Hall–Kier alpha value is -2.96. The van der Waals surface area contributed by atoms with Crippen molar-refractivity contribution >= 4 is 11.9 Å². The van der Waals surface area contributed by atoms with Crippen LogP contribution in [0, 0.1) is 0 Å². The lowest BCUT2D eigenvalue weighted by atomic mass is 9.87. The van der Waals surface area contributed by atoms with Gasteiger partial charge in [-0.1, -0.05) is 32.9 Å². The number of carbonyl (C=O) groups excluding carboxylic acids is 2. The highest BCUT2D eigenvalue weighted by atomic mass is 16.5. The minimum Gasteiger partial charge on any atom is -0.492 e. The smallest absolute Gasteiger partial charge is 0.359 e. The standard InChI is InChI=1S/C19H23N3O4/c1-19(2,3)14-4-6-15(7-5-14)25-11-10-22-17(23)13-26-18(24)16-12-20-8-9-21-16/h4-9,12H,10-11,13H2,1-3H3,(H,22,23). The summed E-state index contributed by atoms with van der Waals surface area (Å²) in [6.07, 6.45) is 4.10. The van der Waals surface area contributed by atoms with Gasteiger partial charge in [-0.25, -0.2) is 9.78 Å². The van der Waals surface area contributed by atoms with E-state index in [2.05, 4.69) is 36.1 Å². The number of nitrogens with zero attached hydrogens (tertiary/aromatic N) is 2. The van der Waals surface area contributed by atoms with Gasteiger partial charge in [0, 0.05) is 12.4 Å². The summed E-state index contributed by atoms with van der Waals surface area (Å²) in [7, 11) is 0. The van der Waals surface area contributed by atoms with Gasteiger partial charge in [-0.05, 0) is 23.1 Å². The van der Waals surface area contributed by atoms with Crippen LogP contribution in [0.4, 0.5) is 0 Å². The molecule has 1 aromatic heterocycles. The van der Waals surface area contributed by atoms with Crippen molar-refractivity contribution < 1.29 is 19.1 Å². The first-order valence-corrected chi connectivity index (χ1v) is 8.29. The topological polar surface area (TPSA) is 90.4 Å². The van der Waals surface area contributed by atoms with Crippen molar-refractivity contribution in [2.45, 2.75) is 26.2 Å². The molecule has 0 atom stereocenters. The van der Waals surface area contributed by atoms with E-state index in [0.29, 0.717) is 13.2 Å². The zero-order valence-electron chi connectivity index (χ0n) is 15.2. The van der Waals surface area contributed by atoms with Crippen molar-refractivity contribution in [2.75, 3.05) is 19.8 Å². The summed E-state index contributed by atoms with van der Waals surface area (Å²) in [4.78, 5) is 30.9. The van der Waals surface area contributed by atoms with Crippen molar-refractivity contribution in [3.63, 3.8) is 0 Å². The largest absolute Gasteiger partial charge is 0.492 e. The predicted octanol–water partition coefficient (Wildman–Crippen LogP) is 2.13. The molecule has 0 fully saturated rings. The third-order valence-corrected chi connectivity index (χ3v) is 3.52. The van der Waals surface area contributed by atoms with E-state index < -0.39 is 11.9 Å². The molecule has 1 amide bonds. The van der Waals surface area contributed by atoms with Gasteiger partial charge in [0.05, 0.1) is 12.7 Å². The minimum atomic E-state index is -0.691. The molecule has 0 aliphatic rings. The average Bonchev–Trinajstić information content (AvgIpc) is 2.63. The second-order valence-electron chi connectivity index (χ2n) is 6.64. The second kappa shape index (κ2) is 8.94. The van der Waals surface area contributed by atoms with Gasteiger partial charge in [0.2, 0.25) is 0 Å². The van der Waals surface area contributed by atoms with E-state index in [1.165, 1.54) is 24.2 Å². The molecule has 7 heteroatoms. The van der Waals surface area contributed by atoms with E-state index in [9.17, 15) is 9.59 Å². The monoisotopic (exact) mass is 357 g/mol. The summed E-state index contributed by atoms with van der Waals surface area (Å²) in [5, 5.41) is 2.62. The van der Waals surface area contributed by atoms with E-state index in [1.54, 1.807) is 0 Å². The van der Waals surface area contributed by atoms with Crippen LogP contribution in [-0.4, -0.2) is 41.6 Å². The van der Waals surface area contributed by atoms with Crippen LogP contribution in [0.1, 0.15) is 36.8 Å². The first-order valence-electron chi connectivity index (χ1n) is 8.29. The Morgan fingerprint density at radius 3 is 2.46 bits per heavy atom. The van der Waals surface area contributed by atoms with E-state index in [4.69, 9.17) is 9.47 Å². The van der Waals surface area contributed by atoms with Crippen LogP contribution in [0.25, 0.3) is 0 Å². The zero-order valence-corrected chi connectivity index (χ0v) is 15.2. The normalized spacial score (nSPS) is 10.9. The molecule has 1 N–H and O–H groups in total. The Morgan fingerprint density at radius 2 is 1.85 bits per heavy atom. The summed E-state index contributed by atoms with van der Waals surface area (Å²) >= 11 is 0. The lowest BCUT2D eigenvalue weighted by Gasteiger charge is -2.19. The zero-order chi connectivity index (χ0) is 19.0. The van der Waals surface area contributed by atoms with E-state index in [0.717, 1.165) is 5.75 Å². The second-order valence-corrected chi connectivity index (χ2v) is 6.64. The van der Waals surface area contributed by atoms with Gasteiger partial charge in [0.1, 0.15) is 12.4 Å². The molecule has 0 saturated carbocycles. The molecule has 7 nitrogen and oxygen atoms in total. The van der Waals surface area contributed by atoms with E-state index in [-0.39, 0.29) is 17.7 Å². The Balaban J connectivity index is 1.65. The summed E-state index contributed by atoms with van der Waals surface area (Å²) < 4.78 is 10.4. The quantitative estimate of drug-likeness (QED) is 0.603. The number of esters is 1. The molecule has 0 unspecified atom stereocenters. The van der Waals surface area contributed by atoms with Crippen molar-refractivity contribution in [3.8, 4) is 5.75 Å². The summed E-state index contributed by atoms with van der Waals surface area (Å²) in [5.41, 5.74) is 1.38. The number of amides is 1. The predicted molar refractivity (Wildman–Crippen MR) is 96.0 cm³/mol. The number of benzene rings is 1. The minimum absolute atomic E-state index is 0.0577. The van der Waals surface area contributed by atoms with Crippen LogP contribution in [-0.2, 0) is 14.9 Å². The van der Waals surface area contributed by atoms with E-state index in [1.807, 2.05) is 24.3 Å². The fourth-order valence-corrected chi connectivity index (χ4v) is 2.07. The SMILES string of the molecule is CC(C)(C)c1ccc(OCCNC(=O)COC(=O)c2cnccn2)cc1. The van der Waals surface area contributed by atoms with Crippen molar-refractivity contribution in [2.24, 2.45) is 0 Å². The number of hydrogen-bond donors (Lipinski definition) is 1. The highest BCUT2D eigenvalue weighted by Gasteiger charge is 2.13. The molecule has 2 rings (SSSR count). The number of hydrogen-bond acceptors (Lipinski definition) is 6. The molecule has 26 heavy (non-hydrogen) atoms. The molecule has 2 aromatic rings. The Labute approximate surface area is 152 Å². The van der Waals surface area contributed by atoms with Gasteiger partial charge in [0.15, 0.2) is 12.3 Å². The van der Waals surface area contributed by atoms with Gasteiger partial charge in [-0.3, -0.25) is 9.78 Å². The first-order chi connectivity index (χ1) is 12.4. The molecule has 0 radical (unpaired) electrons. The van der Waals surface area contributed by atoms with E-state index >= 15 is 0 Å². The Bertz CT molecular complexity index is 725. The lowest BCUT2D eigenvalue weighted by Crippen LogP contribution is -2.32. The maximum atomic E-state index is 11.7. The molecule has 0 aliphatic heterocycles. The molecule has 0 saturated heterocycles. The van der Waals surface area contributed by atoms with Gasteiger partial charge < -0.3 is 14.8 Å². The molecule has 0 aliphatic carbocycles. The number of aromatic nitrogens is 2. The maximum Gasteiger partial charge on any atom is 0.359 e. The third-order valence-electron chi connectivity index (χ3n) is 3.52. The van der Waals surface area contributed by atoms with Gasteiger partial charge >= 0.3 is 5.97 Å². The highest BCUT2D eigenvalue weighted by Crippen LogP contribution is 2.24. The molecule has 1 heterocycles. The van der Waals surface area contributed by atoms with Crippen LogP contribution in [0.15, 0.2) is 42.9 Å². The molecular weight excluding hydrogens is 334 g/mol. The Kier molecular flexibility index (Phi) is 6.66. The maximum absolute atomic E-state index is 11.7. The van der Waals surface area contributed by atoms with Crippen LogP contribution < -0.4 is 10.1 Å². The molecule has 0 spiro atoms. The number of nitrogens with one attached hydrogen (secondary N) is 1. The van der Waals surface area contributed by atoms with Gasteiger partial charge in [-0.15, -0.1) is 0 Å². The van der Waals surface area contributed by atoms with Crippen LogP contribution in [0.5, 0.6) is 5.75 Å². The molecule has 1 aromatic carbocycles. The van der Waals surface area contributed by atoms with Crippen LogP contribution in [0.3, 0.4) is 0 Å². The molecule has 0 bridgehead atoms. The fraction of sp³-hybridized carbons (Fsp3) is 0.368. The third kappa shape index (κ3) is 6.16.